The van der Waals surface area contributed by atoms with Gasteiger partial charge in [-0.3, -0.25) is 0 Å². The number of halogens is 3. The molecule has 7 heteroatoms. The number of alkyl halides is 3. The lowest BCUT2D eigenvalue weighted by molar-refractivity contribution is -0.148. The van der Waals surface area contributed by atoms with E-state index in [9.17, 15) is 18.0 Å². The molecule has 4 nitrogen and oxygen atoms in total. The zero-order valence-corrected chi connectivity index (χ0v) is 13.6. The van der Waals surface area contributed by atoms with Crippen LogP contribution in [0.3, 0.4) is 0 Å². The van der Waals surface area contributed by atoms with Crippen molar-refractivity contribution in [2.75, 3.05) is 0 Å². The Kier molecular flexibility index (Phi) is 4.24. The minimum atomic E-state index is -4.67. The SMILES string of the molecule is Cc1ccc(OC(=O)Cn2c(C(F)(F)F)nc3ccccc32)c(C)c1. The molecule has 0 amide bonds. The number of ether oxygens (including phenoxy) is 1. The predicted molar refractivity (Wildman–Crippen MR) is 86.3 cm³/mol. The van der Waals surface area contributed by atoms with Gasteiger partial charge in [-0.05, 0) is 37.6 Å². The van der Waals surface area contributed by atoms with Crippen LogP contribution in [0, 0.1) is 13.8 Å². The number of hydrogen-bond donors (Lipinski definition) is 0. The monoisotopic (exact) mass is 348 g/mol. The van der Waals surface area contributed by atoms with Gasteiger partial charge in [-0.15, -0.1) is 0 Å². The van der Waals surface area contributed by atoms with Crippen LogP contribution in [0.15, 0.2) is 42.5 Å². The number of hydrogen-bond acceptors (Lipinski definition) is 3. The van der Waals surface area contributed by atoms with Gasteiger partial charge in [0.15, 0.2) is 0 Å². The number of carbonyl (C=O) groups is 1. The Balaban J connectivity index is 1.93. The van der Waals surface area contributed by atoms with E-state index in [2.05, 4.69) is 4.98 Å². The Hall–Kier alpha value is -2.83. The van der Waals surface area contributed by atoms with E-state index >= 15 is 0 Å². The first kappa shape index (κ1) is 17.0. The number of carbonyl (C=O) groups excluding carboxylic acids is 1. The van der Waals surface area contributed by atoms with Crippen LogP contribution in [0.4, 0.5) is 13.2 Å². The third-order valence-electron chi connectivity index (χ3n) is 3.75. The van der Waals surface area contributed by atoms with Gasteiger partial charge in [0.1, 0.15) is 12.3 Å². The molecular weight excluding hydrogens is 333 g/mol. The summed E-state index contributed by atoms with van der Waals surface area (Å²) >= 11 is 0. The molecule has 130 valence electrons. The number of aromatic nitrogens is 2. The molecule has 0 atom stereocenters. The third kappa shape index (κ3) is 3.50. The average molecular weight is 348 g/mol. The predicted octanol–water partition coefficient (Wildman–Crippen LogP) is 4.28. The summed E-state index contributed by atoms with van der Waals surface area (Å²) in [5.41, 5.74) is 2.14. The lowest BCUT2D eigenvalue weighted by Gasteiger charge is -2.12. The molecule has 1 aromatic heterocycles. The molecule has 0 N–H and O–H groups in total. The highest BCUT2D eigenvalue weighted by Crippen LogP contribution is 2.31. The largest absolute Gasteiger partial charge is 0.449 e. The molecule has 25 heavy (non-hydrogen) atoms. The summed E-state index contributed by atoms with van der Waals surface area (Å²) in [6, 6.07) is 11.4. The van der Waals surface area contributed by atoms with Crippen LogP contribution in [0.2, 0.25) is 0 Å². The standard InChI is InChI=1S/C18H15F3N2O2/c1-11-7-8-15(12(2)9-11)25-16(24)10-23-14-6-4-3-5-13(14)22-17(23)18(19,20)21/h3-9H,10H2,1-2H3. The normalized spacial score (nSPS) is 11.7. The number of aryl methyl sites for hydroxylation is 2. The van der Waals surface area contributed by atoms with Crippen molar-refractivity contribution in [3.8, 4) is 5.75 Å². The minimum Gasteiger partial charge on any atom is -0.425 e. The van der Waals surface area contributed by atoms with Gasteiger partial charge in [-0.2, -0.15) is 13.2 Å². The molecule has 0 aliphatic carbocycles. The summed E-state index contributed by atoms with van der Waals surface area (Å²) in [6.07, 6.45) is -4.67. The van der Waals surface area contributed by atoms with Crippen LogP contribution in [0.25, 0.3) is 11.0 Å². The Bertz CT molecular complexity index is 945. The van der Waals surface area contributed by atoms with E-state index in [0.717, 1.165) is 15.7 Å². The van der Waals surface area contributed by atoms with Crippen molar-refractivity contribution in [1.29, 1.82) is 0 Å². The van der Waals surface area contributed by atoms with Gasteiger partial charge in [0.05, 0.1) is 11.0 Å². The molecule has 3 aromatic rings. The lowest BCUT2D eigenvalue weighted by atomic mass is 10.1. The second-order valence-corrected chi connectivity index (χ2v) is 5.75. The van der Waals surface area contributed by atoms with Crippen molar-refractivity contribution in [3.05, 3.63) is 59.4 Å². The van der Waals surface area contributed by atoms with Crippen molar-refractivity contribution >= 4 is 17.0 Å². The maximum atomic E-state index is 13.2. The summed E-state index contributed by atoms with van der Waals surface area (Å²) in [4.78, 5) is 15.8. The zero-order valence-electron chi connectivity index (χ0n) is 13.6. The molecule has 0 aliphatic rings. The Labute approximate surface area is 141 Å². The van der Waals surface area contributed by atoms with E-state index in [1.165, 1.54) is 12.1 Å². The van der Waals surface area contributed by atoms with Crippen LogP contribution in [-0.2, 0) is 17.5 Å². The van der Waals surface area contributed by atoms with E-state index in [1.54, 1.807) is 31.2 Å². The third-order valence-corrected chi connectivity index (χ3v) is 3.75. The quantitative estimate of drug-likeness (QED) is 0.524. The van der Waals surface area contributed by atoms with Gasteiger partial charge >= 0.3 is 12.1 Å². The molecule has 0 fully saturated rings. The number of rotatable bonds is 3. The van der Waals surface area contributed by atoms with Crippen LogP contribution >= 0.6 is 0 Å². The summed E-state index contributed by atoms with van der Waals surface area (Å²) in [7, 11) is 0. The number of fused-ring (bicyclic) bond motifs is 1. The molecule has 2 aromatic carbocycles. The van der Waals surface area contributed by atoms with Gasteiger partial charge in [-0.1, -0.05) is 29.8 Å². The van der Waals surface area contributed by atoms with Crippen LogP contribution < -0.4 is 4.74 Å². The van der Waals surface area contributed by atoms with Crippen LogP contribution in [-0.4, -0.2) is 15.5 Å². The molecule has 0 bridgehead atoms. The maximum absolute atomic E-state index is 13.2. The molecule has 0 radical (unpaired) electrons. The fraction of sp³-hybridized carbons (Fsp3) is 0.222. The molecule has 0 saturated carbocycles. The number of nitrogens with zero attached hydrogens (tertiary/aromatic N) is 2. The smallest absolute Gasteiger partial charge is 0.425 e. The van der Waals surface area contributed by atoms with E-state index in [0.29, 0.717) is 5.75 Å². The van der Waals surface area contributed by atoms with Gasteiger partial charge in [0, 0.05) is 0 Å². The fourth-order valence-corrected chi connectivity index (χ4v) is 2.65. The molecule has 3 rings (SSSR count). The highest BCUT2D eigenvalue weighted by Gasteiger charge is 2.38. The van der Waals surface area contributed by atoms with Crippen molar-refractivity contribution in [2.24, 2.45) is 0 Å². The van der Waals surface area contributed by atoms with E-state index in [-0.39, 0.29) is 11.0 Å². The molecule has 0 saturated heterocycles. The maximum Gasteiger partial charge on any atom is 0.449 e. The Morgan fingerprint density at radius 3 is 2.56 bits per heavy atom. The second-order valence-electron chi connectivity index (χ2n) is 5.75. The molecule has 0 spiro atoms. The minimum absolute atomic E-state index is 0.175. The Morgan fingerprint density at radius 1 is 1.16 bits per heavy atom. The van der Waals surface area contributed by atoms with Crippen molar-refractivity contribution in [3.63, 3.8) is 0 Å². The molecule has 0 unspecified atom stereocenters. The topological polar surface area (TPSA) is 44.1 Å². The summed E-state index contributed by atoms with van der Waals surface area (Å²) in [6.45, 7) is 3.08. The van der Waals surface area contributed by atoms with Gasteiger partial charge in [0.2, 0.25) is 5.82 Å². The summed E-state index contributed by atoms with van der Waals surface area (Å²) in [5, 5.41) is 0. The van der Waals surface area contributed by atoms with Crippen molar-refractivity contribution in [2.45, 2.75) is 26.6 Å². The van der Waals surface area contributed by atoms with Gasteiger partial charge in [0.25, 0.3) is 0 Å². The average Bonchev–Trinajstić information content (AvgIpc) is 2.89. The van der Waals surface area contributed by atoms with Crippen molar-refractivity contribution in [1.82, 2.24) is 9.55 Å². The van der Waals surface area contributed by atoms with Gasteiger partial charge in [-0.25, -0.2) is 9.78 Å². The first-order valence-corrected chi connectivity index (χ1v) is 7.56. The summed E-state index contributed by atoms with van der Waals surface area (Å²) in [5.74, 6) is -1.58. The number of benzene rings is 2. The van der Waals surface area contributed by atoms with Crippen molar-refractivity contribution < 1.29 is 22.7 Å². The van der Waals surface area contributed by atoms with Crippen LogP contribution in [0.5, 0.6) is 5.75 Å². The second kappa shape index (κ2) is 6.23. The first-order valence-electron chi connectivity index (χ1n) is 7.56. The Morgan fingerprint density at radius 2 is 1.88 bits per heavy atom. The zero-order chi connectivity index (χ0) is 18.2. The molecular formula is C18H15F3N2O2. The van der Waals surface area contributed by atoms with E-state index in [1.807, 2.05) is 13.0 Å². The first-order chi connectivity index (χ1) is 11.8. The highest BCUT2D eigenvalue weighted by molar-refractivity contribution is 5.80. The molecule has 0 aliphatic heterocycles. The molecule has 1 heterocycles. The lowest BCUT2D eigenvalue weighted by Crippen LogP contribution is -2.22. The van der Waals surface area contributed by atoms with E-state index in [4.69, 9.17) is 4.74 Å². The number of esters is 1. The fourth-order valence-electron chi connectivity index (χ4n) is 2.65. The number of para-hydroxylation sites is 2. The van der Waals surface area contributed by atoms with Gasteiger partial charge < -0.3 is 9.30 Å². The van der Waals surface area contributed by atoms with E-state index < -0.39 is 24.5 Å². The highest BCUT2D eigenvalue weighted by atomic mass is 19.4. The summed E-state index contributed by atoms with van der Waals surface area (Å²) < 4.78 is 45.8. The van der Waals surface area contributed by atoms with Crippen LogP contribution in [0.1, 0.15) is 17.0 Å². The number of imidazole rings is 1.